The second-order valence-electron chi connectivity index (χ2n) is 6.69. The first-order valence-corrected chi connectivity index (χ1v) is 8.34. The van der Waals surface area contributed by atoms with Crippen LogP contribution >= 0.6 is 0 Å². The zero-order valence-electron chi connectivity index (χ0n) is 14.1. The number of aryl methyl sites for hydroxylation is 1. The van der Waals surface area contributed by atoms with Crippen molar-refractivity contribution in [3.63, 3.8) is 0 Å². The van der Waals surface area contributed by atoms with Crippen LogP contribution in [0.3, 0.4) is 0 Å². The molecule has 1 aliphatic carbocycles. The summed E-state index contributed by atoms with van der Waals surface area (Å²) in [6.45, 7) is 1.85. The van der Waals surface area contributed by atoms with Crippen LogP contribution in [-0.4, -0.2) is 10.4 Å². The fourth-order valence-electron chi connectivity index (χ4n) is 3.46. The average Bonchev–Trinajstić information content (AvgIpc) is 3.43. The third kappa shape index (κ3) is 2.45. The van der Waals surface area contributed by atoms with E-state index in [0.717, 1.165) is 29.5 Å². The summed E-state index contributed by atoms with van der Waals surface area (Å²) >= 11 is 0. The summed E-state index contributed by atoms with van der Waals surface area (Å²) in [6, 6.07) is 7.71. The molecule has 1 fully saturated rings. The number of hydrogen-bond donors (Lipinski definition) is 1. The van der Waals surface area contributed by atoms with Gasteiger partial charge in [-0.1, -0.05) is 6.07 Å². The van der Waals surface area contributed by atoms with Crippen LogP contribution in [-0.2, 0) is 0 Å². The lowest BCUT2D eigenvalue weighted by Gasteiger charge is -2.16. The third-order valence-electron chi connectivity index (χ3n) is 4.96. The Kier molecular flexibility index (Phi) is 3.57. The van der Waals surface area contributed by atoms with E-state index in [2.05, 4.69) is 0 Å². The zero-order valence-corrected chi connectivity index (χ0v) is 14.1. The fourth-order valence-corrected chi connectivity index (χ4v) is 3.46. The van der Waals surface area contributed by atoms with Crippen molar-refractivity contribution in [2.45, 2.75) is 25.7 Å². The van der Waals surface area contributed by atoms with Gasteiger partial charge in [-0.15, -0.1) is 0 Å². The molecule has 4 rings (SSSR count). The molecular formula is C20H16FN2O3-. The number of rotatable bonds is 3. The fraction of sp³-hybridized carbons (Fsp3) is 0.200. The van der Waals surface area contributed by atoms with Crippen molar-refractivity contribution in [1.29, 1.82) is 0 Å². The van der Waals surface area contributed by atoms with E-state index in [9.17, 15) is 19.1 Å². The lowest BCUT2D eigenvalue weighted by Crippen LogP contribution is -2.32. The van der Waals surface area contributed by atoms with E-state index >= 15 is 0 Å². The summed E-state index contributed by atoms with van der Waals surface area (Å²) in [6.07, 6.45) is 3.42. The highest BCUT2D eigenvalue weighted by Gasteiger charge is 2.28. The molecule has 0 radical (unpaired) electrons. The van der Waals surface area contributed by atoms with E-state index in [-0.39, 0.29) is 17.2 Å². The standard InChI is InChI=1S/C20H17FN2O3/c1-10-13(12-4-5-17(22)16(21)8-12)6-7-23-18(10)14(11-2-3-11)9-15(19(23)24)20(25)26/h4-9,11H,2-3,22H2,1H3,(H,25,26)/p-1. The van der Waals surface area contributed by atoms with Crippen molar-refractivity contribution >= 4 is 17.2 Å². The van der Waals surface area contributed by atoms with Crippen molar-refractivity contribution in [3.8, 4) is 11.1 Å². The number of anilines is 1. The second-order valence-corrected chi connectivity index (χ2v) is 6.69. The van der Waals surface area contributed by atoms with Crippen molar-refractivity contribution in [3.05, 3.63) is 69.4 Å². The number of pyridine rings is 2. The van der Waals surface area contributed by atoms with Gasteiger partial charge in [0.15, 0.2) is 0 Å². The number of nitrogen functional groups attached to an aromatic ring is 1. The summed E-state index contributed by atoms with van der Waals surface area (Å²) in [5.74, 6) is -1.76. The number of aromatic nitrogens is 1. The molecule has 3 aromatic rings. The number of carboxylic acid groups (broad SMARTS) is 1. The maximum atomic E-state index is 13.9. The Balaban J connectivity index is 2.05. The highest BCUT2D eigenvalue weighted by molar-refractivity contribution is 5.88. The SMILES string of the molecule is Cc1c(-c2ccc(N)c(F)c2)ccn2c(=O)c(C(=O)[O-])cc(C3CC3)c12. The Morgan fingerprint density at radius 3 is 2.62 bits per heavy atom. The predicted molar refractivity (Wildman–Crippen MR) is 94.5 cm³/mol. The molecule has 2 N–H and O–H groups in total. The van der Waals surface area contributed by atoms with Crippen molar-refractivity contribution < 1.29 is 14.3 Å². The number of carboxylic acids is 1. The minimum absolute atomic E-state index is 0.0701. The average molecular weight is 351 g/mol. The first kappa shape index (κ1) is 16.3. The van der Waals surface area contributed by atoms with Gasteiger partial charge in [0.2, 0.25) is 0 Å². The van der Waals surface area contributed by atoms with Crippen LogP contribution in [0.25, 0.3) is 16.6 Å². The molecular weight excluding hydrogens is 335 g/mol. The Morgan fingerprint density at radius 2 is 2.00 bits per heavy atom. The minimum atomic E-state index is -1.48. The number of aromatic carboxylic acids is 1. The van der Waals surface area contributed by atoms with Crippen LogP contribution < -0.4 is 16.4 Å². The van der Waals surface area contributed by atoms with Gasteiger partial charge in [0, 0.05) is 6.20 Å². The molecule has 1 saturated carbocycles. The highest BCUT2D eigenvalue weighted by atomic mass is 19.1. The Bertz CT molecular complexity index is 1130. The lowest BCUT2D eigenvalue weighted by atomic mass is 9.96. The minimum Gasteiger partial charge on any atom is -0.545 e. The highest BCUT2D eigenvalue weighted by Crippen LogP contribution is 2.43. The maximum Gasteiger partial charge on any atom is 0.264 e. The van der Waals surface area contributed by atoms with Crippen molar-refractivity contribution in [2.24, 2.45) is 0 Å². The largest absolute Gasteiger partial charge is 0.545 e. The predicted octanol–water partition coefficient (Wildman–Crippen LogP) is 2.24. The number of carbonyl (C=O) groups is 1. The van der Waals surface area contributed by atoms with E-state index in [0.29, 0.717) is 11.1 Å². The summed E-state index contributed by atoms with van der Waals surface area (Å²) in [5, 5.41) is 11.3. The van der Waals surface area contributed by atoms with Crippen LogP contribution in [0.1, 0.15) is 40.2 Å². The summed E-state index contributed by atoms with van der Waals surface area (Å²) in [4.78, 5) is 23.9. The molecule has 2 heterocycles. The van der Waals surface area contributed by atoms with Gasteiger partial charge in [0.05, 0.1) is 22.7 Å². The molecule has 0 unspecified atom stereocenters. The molecule has 1 aromatic carbocycles. The molecule has 0 saturated heterocycles. The summed E-state index contributed by atoms with van der Waals surface area (Å²) in [7, 11) is 0. The molecule has 0 aliphatic heterocycles. The number of hydrogen-bond acceptors (Lipinski definition) is 4. The normalized spacial score (nSPS) is 13.9. The van der Waals surface area contributed by atoms with Gasteiger partial charge < -0.3 is 15.6 Å². The van der Waals surface area contributed by atoms with Crippen LogP contribution in [0.4, 0.5) is 10.1 Å². The van der Waals surface area contributed by atoms with E-state index in [1.807, 2.05) is 6.92 Å². The topological polar surface area (TPSA) is 87.6 Å². The number of carbonyl (C=O) groups excluding carboxylic acids is 1. The first-order valence-electron chi connectivity index (χ1n) is 8.34. The third-order valence-corrected chi connectivity index (χ3v) is 4.96. The van der Waals surface area contributed by atoms with Gasteiger partial charge in [-0.2, -0.15) is 0 Å². The molecule has 0 bridgehead atoms. The van der Waals surface area contributed by atoms with Crippen molar-refractivity contribution in [1.82, 2.24) is 4.40 Å². The van der Waals surface area contributed by atoms with Gasteiger partial charge in [0.25, 0.3) is 5.56 Å². The molecule has 2 aromatic heterocycles. The van der Waals surface area contributed by atoms with Gasteiger partial charge in [-0.3, -0.25) is 9.20 Å². The Labute approximate surface area is 148 Å². The monoisotopic (exact) mass is 351 g/mol. The summed E-state index contributed by atoms with van der Waals surface area (Å²) in [5.41, 5.74) is 8.37. The van der Waals surface area contributed by atoms with Crippen LogP contribution in [0.15, 0.2) is 41.3 Å². The molecule has 0 spiro atoms. The number of fused-ring (bicyclic) bond motifs is 1. The zero-order chi connectivity index (χ0) is 18.6. The molecule has 6 heteroatoms. The molecule has 1 aliphatic rings. The smallest absolute Gasteiger partial charge is 0.264 e. The molecule has 26 heavy (non-hydrogen) atoms. The second kappa shape index (κ2) is 5.69. The molecule has 0 atom stereocenters. The van der Waals surface area contributed by atoms with E-state index < -0.39 is 17.3 Å². The summed E-state index contributed by atoms with van der Waals surface area (Å²) < 4.78 is 15.2. The molecule has 132 valence electrons. The first-order chi connectivity index (χ1) is 12.4. The maximum absolute atomic E-state index is 13.9. The number of benzene rings is 1. The molecule has 5 nitrogen and oxygen atoms in total. The Morgan fingerprint density at radius 1 is 1.27 bits per heavy atom. The number of nitrogens with two attached hydrogens (primary N) is 1. The Hall–Kier alpha value is -3.15. The van der Waals surface area contributed by atoms with Gasteiger partial charge in [-0.05, 0) is 72.2 Å². The van der Waals surface area contributed by atoms with E-state index in [4.69, 9.17) is 5.73 Å². The van der Waals surface area contributed by atoms with E-state index in [1.165, 1.54) is 28.8 Å². The van der Waals surface area contributed by atoms with Crippen molar-refractivity contribution in [2.75, 3.05) is 5.73 Å². The van der Waals surface area contributed by atoms with Crippen LogP contribution in [0.5, 0.6) is 0 Å². The lowest BCUT2D eigenvalue weighted by molar-refractivity contribution is -0.255. The van der Waals surface area contributed by atoms with Gasteiger partial charge in [-0.25, -0.2) is 4.39 Å². The number of nitrogens with zero attached hydrogens (tertiary/aromatic N) is 1. The van der Waals surface area contributed by atoms with Crippen LogP contribution in [0, 0.1) is 12.7 Å². The van der Waals surface area contributed by atoms with Gasteiger partial charge >= 0.3 is 0 Å². The van der Waals surface area contributed by atoms with Gasteiger partial charge in [0.1, 0.15) is 5.82 Å². The number of halogens is 1. The van der Waals surface area contributed by atoms with E-state index in [1.54, 1.807) is 12.1 Å². The molecule has 0 amide bonds. The van der Waals surface area contributed by atoms with Crippen LogP contribution in [0.2, 0.25) is 0 Å². The quantitative estimate of drug-likeness (QED) is 0.733.